The molecule has 2 unspecified atom stereocenters. The van der Waals surface area contributed by atoms with Gasteiger partial charge in [-0.1, -0.05) is 40.0 Å². The number of nitrogens with zero attached hydrogens (tertiary/aromatic N) is 1. The van der Waals surface area contributed by atoms with Gasteiger partial charge in [0.05, 0.1) is 12.2 Å². The Kier molecular flexibility index (Phi) is 4.66. The first-order chi connectivity index (χ1) is 8.63. The first-order valence-electron chi connectivity index (χ1n) is 7.70. The molecule has 0 aromatic heterocycles. The lowest BCUT2D eigenvalue weighted by atomic mass is 9.88. The van der Waals surface area contributed by atoms with E-state index >= 15 is 0 Å². The van der Waals surface area contributed by atoms with Gasteiger partial charge in [-0.15, -0.1) is 0 Å². The fourth-order valence-corrected chi connectivity index (χ4v) is 3.40. The lowest BCUT2D eigenvalue weighted by molar-refractivity contribution is -0.131. The maximum absolute atomic E-state index is 12.4. The predicted octanol–water partition coefficient (Wildman–Crippen LogP) is 2.76. The molecule has 0 radical (unpaired) electrons. The standard InChI is InChI=1S/C15H28N2O/c1-4-13-15(18)17(14(16-13)11(2)3)10-12-8-6-5-7-9-12/h11-14,16H,4-10H2,1-3H3. The third-order valence-corrected chi connectivity index (χ3v) is 4.51. The largest absolute Gasteiger partial charge is 0.325 e. The molecule has 1 aliphatic heterocycles. The molecule has 18 heavy (non-hydrogen) atoms. The van der Waals surface area contributed by atoms with Crippen molar-refractivity contribution in [3.8, 4) is 0 Å². The van der Waals surface area contributed by atoms with Gasteiger partial charge in [-0.25, -0.2) is 0 Å². The van der Waals surface area contributed by atoms with Crippen LogP contribution in [0.25, 0.3) is 0 Å². The van der Waals surface area contributed by atoms with Gasteiger partial charge >= 0.3 is 0 Å². The van der Waals surface area contributed by atoms with Gasteiger partial charge in [0, 0.05) is 6.54 Å². The van der Waals surface area contributed by atoms with Crippen LogP contribution in [0.1, 0.15) is 59.3 Å². The molecule has 0 bridgehead atoms. The topological polar surface area (TPSA) is 32.3 Å². The summed E-state index contributed by atoms with van der Waals surface area (Å²) < 4.78 is 0. The molecule has 0 aromatic rings. The zero-order chi connectivity index (χ0) is 13.1. The summed E-state index contributed by atoms with van der Waals surface area (Å²) in [6, 6.07) is 0.0565. The minimum Gasteiger partial charge on any atom is -0.325 e. The zero-order valence-corrected chi connectivity index (χ0v) is 12.1. The predicted molar refractivity (Wildman–Crippen MR) is 74.1 cm³/mol. The molecule has 2 rings (SSSR count). The Bertz CT molecular complexity index is 284. The summed E-state index contributed by atoms with van der Waals surface area (Å²) in [6.45, 7) is 7.48. The average Bonchev–Trinajstić information content (AvgIpc) is 2.68. The van der Waals surface area contributed by atoms with Gasteiger partial charge in [0.25, 0.3) is 0 Å². The fraction of sp³-hybridized carbons (Fsp3) is 0.933. The van der Waals surface area contributed by atoms with E-state index in [1.807, 2.05) is 0 Å². The second-order valence-electron chi connectivity index (χ2n) is 6.31. The summed E-state index contributed by atoms with van der Waals surface area (Å²) in [4.78, 5) is 14.5. The lowest BCUT2D eigenvalue weighted by Gasteiger charge is -2.32. The Morgan fingerprint density at radius 1 is 1.28 bits per heavy atom. The summed E-state index contributed by atoms with van der Waals surface area (Å²) in [5.41, 5.74) is 0. The molecule has 1 saturated heterocycles. The van der Waals surface area contributed by atoms with Crippen molar-refractivity contribution in [2.45, 2.75) is 71.5 Å². The molecule has 1 aliphatic carbocycles. The van der Waals surface area contributed by atoms with E-state index in [0.717, 1.165) is 18.9 Å². The van der Waals surface area contributed by atoms with Crippen LogP contribution in [0.2, 0.25) is 0 Å². The summed E-state index contributed by atoms with van der Waals surface area (Å²) in [6.07, 6.45) is 7.87. The van der Waals surface area contributed by atoms with Crippen LogP contribution >= 0.6 is 0 Å². The Morgan fingerprint density at radius 2 is 1.94 bits per heavy atom. The molecule has 0 spiro atoms. The van der Waals surface area contributed by atoms with Crippen LogP contribution in [0.3, 0.4) is 0 Å². The average molecular weight is 252 g/mol. The summed E-state index contributed by atoms with van der Waals surface area (Å²) in [7, 11) is 0. The number of nitrogens with one attached hydrogen (secondary N) is 1. The van der Waals surface area contributed by atoms with Crippen molar-refractivity contribution in [2.24, 2.45) is 11.8 Å². The minimum absolute atomic E-state index is 0.0565. The number of carbonyl (C=O) groups is 1. The molecule has 2 fully saturated rings. The second kappa shape index (κ2) is 6.05. The third kappa shape index (κ3) is 2.87. The van der Waals surface area contributed by atoms with E-state index in [0.29, 0.717) is 11.8 Å². The maximum atomic E-state index is 12.4. The van der Waals surface area contributed by atoms with Crippen LogP contribution in [0, 0.1) is 11.8 Å². The van der Waals surface area contributed by atoms with Gasteiger partial charge in [-0.2, -0.15) is 0 Å². The van der Waals surface area contributed by atoms with Crippen molar-refractivity contribution >= 4 is 5.91 Å². The van der Waals surface area contributed by atoms with Crippen molar-refractivity contribution < 1.29 is 4.79 Å². The van der Waals surface area contributed by atoms with E-state index in [1.165, 1.54) is 32.1 Å². The Labute approximate surface area is 111 Å². The van der Waals surface area contributed by atoms with Crippen LogP contribution < -0.4 is 5.32 Å². The van der Waals surface area contributed by atoms with Crippen LogP contribution in [0.15, 0.2) is 0 Å². The van der Waals surface area contributed by atoms with Crippen molar-refractivity contribution in [1.82, 2.24) is 10.2 Å². The molecule has 3 heteroatoms. The van der Waals surface area contributed by atoms with Gasteiger partial charge in [0.1, 0.15) is 0 Å². The van der Waals surface area contributed by atoms with E-state index < -0.39 is 0 Å². The number of hydrogen-bond acceptors (Lipinski definition) is 2. The zero-order valence-electron chi connectivity index (χ0n) is 12.1. The van der Waals surface area contributed by atoms with Crippen LogP contribution in [-0.4, -0.2) is 29.6 Å². The van der Waals surface area contributed by atoms with Crippen molar-refractivity contribution in [3.63, 3.8) is 0 Å². The van der Waals surface area contributed by atoms with E-state index in [2.05, 4.69) is 31.0 Å². The van der Waals surface area contributed by atoms with Gasteiger partial charge in [-0.05, 0) is 31.1 Å². The van der Waals surface area contributed by atoms with Crippen molar-refractivity contribution in [2.75, 3.05) is 6.54 Å². The highest BCUT2D eigenvalue weighted by Crippen LogP contribution is 2.28. The minimum atomic E-state index is 0.0565. The monoisotopic (exact) mass is 252 g/mol. The Morgan fingerprint density at radius 3 is 2.50 bits per heavy atom. The van der Waals surface area contributed by atoms with Gasteiger partial charge in [0.15, 0.2) is 0 Å². The van der Waals surface area contributed by atoms with Gasteiger partial charge in [-0.3, -0.25) is 10.1 Å². The molecule has 1 N–H and O–H groups in total. The van der Waals surface area contributed by atoms with E-state index in [-0.39, 0.29) is 12.2 Å². The summed E-state index contributed by atoms with van der Waals surface area (Å²) in [5.74, 6) is 1.57. The lowest BCUT2D eigenvalue weighted by Crippen LogP contribution is -2.44. The van der Waals surface area contributed by atoms with E-state index in [1.54, 1.807) is 0 Å². The van der Waals surface area contributed by atoms with Crippen LogP contribution in [-0.2, 0) is 4.79 Å². The molecule has 1 amide bonds. The molecule has 0 aromatic carbocycles. The number of rotatable bonds is 4. The molecular weight excluding hydrogens is 224 g/mol. The number of amides is 1. The highest BCUT2D eigenvalue weighted by molar-refractivity contribution is 5.84. The molecule has 2 aliphatic rings. The molecular formula is C15H28N2O. The Balaban J connectivity index is 2.00. The second-order valence-corrected chi connectivity index (χ2v) is 6.31. The SMILES string of the molecule is CCC1NC(C(C)C)N(CC2CCCCC2)C1=O. The Hall–Kier alpha value is -0.570. The number of hydrogen-bond donors (Lipinski definition) is 1. The molecule has 1 saturated carbocycles. The molecule has 2 atom stereocenters. The van der Waals surface area contributed by atoms with E-state index in [9.17, 15) is 4.79 Å². The first kappa shape index (κ1) is 13.9. The molecule has 3 nitrogen and oxygen atoms in total. The van der Waals surface area contributed by atoms with Crippen molar-refractivity contribution in [1.29, 1.82) is 0 Å². The fourth-order valence-electron chi connectivity index (χ4n) is 3.40. The highest BCUT2D eigenvalue weighted by Gasteiger charge is 2.39. The summed E-state index contributed by atoms with van der Waals surface area (Å²) >= 11 is 0. The quantitative estimate of drug-likeness (QED) is 0.834. The van der Waals surface area contributed by atoms with Gasteiger partial charge < -0.3 is 4.90 Å². The summed E-state index contributed by atoms with van der Waals surface area (Å²) in [5, 5.41) is 3.51. The highest BCUT2D eigenvalue weighted by atomic mass is 16.2. The third-order valence-electron chi connectivity index (χ3n) is 4.51. The van der Waals surface area contributed by atoms with Crippen LogP contribution in [0.4, 0.5) is 0 Å². The number of carbonyl (C=O) groups excluding carboxylic acids is 1. The van der Waals surface area contributed by atoms with E-state index in [4.69, 9.17) is 0 Å². The smallest absolute Gasteiger partial charge is 0.241 e. The van der Waals surface area contributed by atoms with Gasteiger partial charge in [0.2, 0.25) is 5.91 Å². The maximum Gasteiger partial charge on any atom is 0.241 e. The molecule has 104 valence electrons. The normalized spacial score (nSPS) is 30.4. The van der Waals surface area contributed by atoms with Crippen LogP contribution in [0.5, 0.6) is 0 Å². The first-order valence-corrected chi connectivity index (χ1v) is 7.70. The molecule has 1 heterocycles. The van der Waals surface area contributed by atoms with Crippen molar-refractivity contribution in [3.05, 3.63) is 0 Å².